The molecule has 0 saturated carbocycles. The summed E-state index contributed by atoms with van der Waals surface area (Å²) in [6.07, 6.45) is 4.85. The maximum absolute atomic E-state index is 11.7. The van der Waals surface area contributed by atoms with Gasteiger partial charge in [-0.15, -0.1) is 0 Å². The first-order valence-electron chi connectivity index (χ1n) is 8.18. The summed E-state index contributed by atoms with van der Waals surface area (Å²) in [7, 11) is -3.52. The first-order chi connectivity index (χ1) is 12.3. The SMILES string of the molecule is CS(=O)(=O)c1ccc(N2CCC(C(O)c3ncc[nH]3)CC2)c([N+](=O)[O-])c1. The number of nitro groups is 1. The lowest BCUT2D eigenvalue weighted by atomic mass is 9.90. The third-order valence-electron chi connectivity index (χ3n) is 4.70. The number of piperidine rings is 1. The van der Waals surface area contributed by atoms with E-state index in [1.165, 1.54) is 12.1 Å². The molecule has 10 heteroatoms. The Morgan fingerprint density at radius 1 is 1.38 bits per heavy atom. The molecule has 0 amide bonds. The second kappa shape index (κ2) is 7.04. The molecule has 1 aliphatic heterocycles. The van der Waals surface area contributed by atoms with Crippen molar-refractivity contribution in [1.29, 1.82) is 0 Å². The van der Waals surface area contributed by atoms with E-state index in [1.54, 1.807) is 12.4 Å². The van der Waals surface area contributed by atoms with Crippen molar-refractivity contribution in [3.8, 4) is 0 Å². The van der Waals surface area contributed by atoms with Crippen molar-refractivity contribution in [1.82, 2.24) is 9.97 Å². The fraction of sp³-hybridized carbons (Fsp3) is 0.438. The van der Waals surface area contributed by atoms with Crippen molar-refractivity contribution in [3.63, 3.8) is 0 Å². The van der Waals surface area contributed by atoms with Crippen LogP contribution in [0, 0.1) is 16.0 Å². The molecular formula is C16H20N4O5S. The first kappa shape index (κ1) is 18.3. The molecular weight excluding hydrogens is 360 g/mol. The number of sulfone groups is 1. The van der Waals surface area contributed by atoms with Crippen molar-refractivity contribution in [3.05, 3.63) is 46.5 Å². The highest BCUT2D eigenvalue weighted by Gasteiger charge is 2.30. The van der Waals surface area contributed by atoms with E-state index < -0.39 is 20.9 Å². The molecule has 0 radical (unpaired) electrons. The largest absolute Gasteiger partial charge is 0.385 e. The Labute approximate surface area is 150 Å². The van der Waals surface area contributed by atoms with Gasteiger partial charge in [0.15, 0.2) is 9.84 Å². The fourth-order valence-corrected chi connectivity index (χ4v) is 3.91. The Hall–Kier alpha value is -2.46. The van der Waals surface area contributed by atoms with Crippen LogP contribution in [0.25, 0.3) is 0 Å². The van der Waals surface area contributed by atoms with Crippen LogP contribution in [0.15, 0.2) is 35.5 Å². The monoisotopic (exact) mass is 380 g/mol. The van der Waals surface area contributed by atoms with Crippen LogP contribution in [-0.4, -0.2) is 47.8 Å². The molecule has 1 fully saturated rings. The summed E-state index contributed by atoms with van der Waals surface area (Å²) in [4.78, 5) is 19.6. The number of aliphatic hydroxyl groups is 1. The number of rotatable bonds is 5. The third kappa shape index (κ3) is 3.70. The quantitative estimate of drug-likeness (QED) is 0.596. The summed E-state index contributed by atoms with van der Waals surface area (Å²) in [6.45, 7) is 1.06. The molecule has 1 atom stereocenters. The Morgan fingerprint density at radius 2 is 2.08 bits per heavy atom. The highest BCUT2D eigenvalue weighted by molar-refractivity contribution is 7.90. The minimum Gasteiger partial charge on any atom is -0.385 e. The van der Waals surface area contributed by atoms with Gasteiger partial charge in [-0.3, -0.25) is 10.1 Å². The highest BCUT2D eigenvalue weighted by Crippen LogP contribution is 2.36. The zero-order valence-electron chi connectivity index (χ0n) is 14.2. The average Bonchev–Trinajstić information content (AvgIpc) is 3.14. The van der Waals surface area contributed by atoms with Gasteiger partial charge >= 0.3 is 0 Å². The van der Waals surface area contributed by atoms with E-state index in [4.69, 9.17) is 0 Å². The van der Waals surface area contributed by atoms with Crippen LogP contribution in [0.3, 0.4) is 0 Å². The van der Waals surface area contributed by atoms with Crippen LogP contribution < -0.4 is 4.90 Å². The number of aromatic amines is 1. The second-order valence-electron chi connectivity index (χ2n) is 6.42. The van der Waals surface area contributed by atoms with Crippen LogP contribution in [0.2, 0.25) is 0 Å². The molecule has 0 spiro atoms. The lowest BCUT2D eigenvalue weighted by molar-refractivity contribution is -0.384. The Bertz CT molecular complexity index is 889. The second-order valence-corrected chi connectivity index (χ2v) is 8.44. The zero-order chi connectivity index (χ0) is 18.9. The molecule has 1 aliphatic rings. The van der Waals surface area contributed by atoms with Crippen LogP contribution >= 0.6 is 0 Å². The molecule has 2 N–H and O–H groups in total. The van der Waals surface area contributed by atoms with Gasteiger partial charge in [0, 0.05) is 37.8 Å². The van der Waals surface area contributed by atoms with E-state index in [1.807, 2.05) is 4.90 Å². The van der Waals surface area contributed by atoms with Gasteiger partial charge in [0.25, 0.3) is 5.69 Å². The maximum Gasteiger partial charge on any atom is 0.293 e. The summed E-state index contributed by atoms with van der Waals surface area (Å²) in [5.41, 5.74) is 0.172. The summed E-state index contributed by atoms with van der Waals surface area (Å²) < 4.78 is 23.3. The third-order valence-corrected chi connectivity index (χ3v) is 5.81. The molecule has 0 bridgehead atoms. The summed E-state index contributed by atoms with van der Waals surface area (Å²) in [6, 6.07) is 3.98. The molecule has 2 aromatic rings. The zero-order valence-corrected chi connectivity index (χ0v) is 15.0. The molecule has 2 heterocycles. The van der Waals surface area contributed by atoms with E-state index in [-0.39, 0.29) is 16.5 Å². The van der Waals surface area contributed by atoms with Crippen LogP contribution in [0.5, 0.6) is 0 Å². The van der Waals surface area contributed by atoms with E-state index in [0.717, 1.165) is 12.3 Å². The number of anilines is 1. The van der Waals surface area contributed by atoms with Gasteiger partial charge in [0.2, 0.25) is 0 Å². The number of hydrogen-bond acceptors (Lipinski definition) is 7. The molecule has 26 heavy (non-hydrogen) atoms. The standard InChI is InChI=1S/C16H20N4O5S/c1-26(24,25)12-2-3-13(14(10-12)20(22)23)19-8-4-11(5-9-19)15(21)16-17-6-7-18-16/h2-3,6-7,10-11,15,21H,4-5,8-9H2,1H3,(H,17,18). The van der Waals surface area contributed by atoms with E-state index >= 15 is 0 Å². The van der Waals surface area contributed by atoms with Crippen molar-refractivity contribution in [2.24, 2.45) is 5.92 Å². The summed E-state index contributed by atoms with van der Waals surface area (Å²) in [5, 5.41) is 21.8. The molecule has 140 valence electrons. The van der Waals surface area contributed by atoms with E-state index in [9.17, 15) is 23.6 Å². The van der Waals surface area contributed by atoms with Gasteiger partial charge in [0.1, 0.15) is 17.6 Å². The normalized spacial score (nSPS) is 17.2. The fourth-order valence-electron chi connectivity index (χ4n) is 3.27. The van der Waals surface area contributed by atoms with Crippen LogP contribution in [0.1, 0.15) is 24.8 Å². The number of nitrogens with zero attached hydrogens (tertiary/aromatic N) is 3. The topological polar surface area (TPSA) is 129 Å². The predicted molar refractivity (Wildman–Crippen MR) is 94.7 cm³/mol. The average molecular weight is 380 g/mol. The molecule has 1 aromatic heterocycles. The molecule has 1 unspecified atom stereocenters. The summed E-state index contributed by atoms with van der Waals surface area (Å²) in [5.74, 6) is 0.527. The molecule has 1 saturated heterocycles. The van der Waals surface area contributed by atoms with Crippen molar-refractivity contribution >= 4 is 21.2 Å². The molecule has 9 nitrogen and oxygen atoms in total. The Kier molecular flexibility index (Phi) is 4.97. The minimum atomic E-state index is -3.52. The van der Waals surface area contributed by atoms with Crippen molar-refractivity contribution < 1.29 is 18.4 Å². The number of aliphatic hydroxyl groups excluding tert-OH is 1. The van der Waals surface area contributed by atoms with Crippen molar-refractivity contribution in [2.45, 2.75) is 23.8 Å². The van der Waals surface area contributed by atoms with Gasteiger partial charge in [0.05, 0.1) is 9.82 Å². The first-order valence-corrected chi connectivity index (χ1v) is 10.1. The van der Waals surface area contributed by atoms with Gasteiger partial charge in [-0.1, -0.05) is 0 Å². The minimum absolute atomic E-state index is 0.00625. The Balaban J connectivity index is 1.78. The number of aromatic nitrogens is 2. The summed E-state index contributed by atoms with van der Waals surface area (Å²) >= 11 is 0. The number of H-pyrrole nitrogens is 1. The van der Waals surface area contributed by atoms with Gasteiger partial charge in [-0.05, 0) is 30.9 Å². The predicted octanol–water partition coefficient (Wildman–Crippen LogP) is 1.67. The number of imidazole rings is 1. The van der Waals surface area contributed by atoms with Gasteiger partial charge < -0.3 is 15.0 Å². The van der Waals surface area contributed by atoms with Crippen LogP contribution in [0.4, 0.5) is 11.4 Å². The van der Waals surface area contributed by atoms with Gasteiger partial charge in [-0.25, -0.2) is 13.4 Å². The number of benzene rings is 1. The highest BCUT2D eigenvalue weighted by atomic mass is 32.2. The lowest BCUT2D eigenvalue weighted by Crippen LogP contribution is -2.36. The molecule has 0 aliphatic carbocycles. The maximum atomic E-state index is 11.7. The van der Waals surface area contributed by atoms with Crippen LogP contribution in [-0.2, 0) is 9.84 Å². The van der Waals surface area contributed by atoms with Gasteiger partial charge in [-0.2, -0.15) is 0 Å². The molecule has 3 rings (SSSR count). The Morgan fingerprint density at radius 3 is 2.62 bits per heavy atom. The smallest absolute Gasteiger partial charge is 0.293 e. The van der Waals surface area contributed by atoms with Crippen molar-refractivity contribution in [2.75, 3.05) is 24.2 Å². The molecule has 1 aromatic carbocycles. The number of nitro benzene ring substituents is 1. The van der Waals surface area contributed by atoms with E-state index in [2.05, 4.69) is 9.97 Å². The lowest BCUT2D eigenvalue weighted by Gasteiger charge is -2.34. The number of nitrogens with one attached hydrogen (secondary N) is 1. The number of hydrogen-bond donors (Lipinski definition) is 2. The van der Waals surface area contributed by atoms with E-state index in [0.29, 0.717) is 37.4 Å².